The van der Waals surface area contributed by atoms with E-state index < -0.39 is 0 Å². The first-order valence-corrected chi connectivity index (χ1v) is 10.7. The predicted molar refractivity (Wildman–Crippen MR) is 116 cm³/mol. The maximum Gasteiger partial charge on any atom is 0.411 e. The smallest absolute Gasteiger partial charge is 0.411 e. The molecule has 1 amide bonds. The number of carbonyl (C=O) groups is 1. The molecule has 28 heavy (non-hydrogen) atoms. The third kappa shape index (κ3) is 6.85. The summed E-state index contributed by atoms with van der Waals surface area (Å²) in [5, 5.41) is 2.88. The Balaban J connectivity index is 0.00000280. The number of hydrogen-bond donors (Lipinski definition) is 1. The first kappa shape index (κ1) is 22.8. The molecule has 158 valence electrons. The van der Waals surface area contributed by atoms with E-state index in [1.807, 2.05) is 24.3 Å². The Morgan fingerprint density at radius 2 is 1.93 bits per heavy atom. The van der Waals surface area contributed by atoms with Gasteiger partial charge in [0, 0.05) is 17.8 Å². The number of unbranched alkanes of at least 4 members (excludes halogenated alkanes) is 2. The molecule has 1 aromatic carbocycles. The maximum absolute atomic E-state index is 12.5. The Kier molecular flexibility index (Phi) is 9.93. The van der Waals surface area contributed by atoms with Gasteiger partial charge in [-0.25, -0.2) is 4.79 Å². The molecule has 2 atom stereocenters. The van der Waals surface area contributed by atoms with Crippen molar-refractivity contribution in [1.82, 2.24) is 4.90 Å². The maximum atomic E-state index is 12.5. The van der Waals surface area contributed by atoms with E-state index in [0.29, 0.717) is 12.6 Å². The van der Waals surface area contributed by atoms with E-state index in [2.05, 4.69) is 17.1 Å². The van der Waals surface area contributed by atoms with E-state index in [4.69, 9.17) is 9.47 Å². The van der Waals surface area contributed by atoms with Gasteiger partial charge in [0.2, 0.25) is 0 Å². The topological polar surface area (TPSA) is 50.8 Å². The molecule has 1 N–H and O–H groups in total. The van der Waals surface area contributed by atoms with Crippen LogP contribution in [0.15, 0.2) is 24.3 Å². The molecule has 1 heterocycles. The van der Waals surface area contributed by atoms with Crippen molar-refractivity contribution in [2.24, 2.45) is 0 Å². The molecule has 0 aromatic heterocycles. The summed E-state index contributed by atoms with van der Waals surface area (Å²) in [5.41, 5.74) is 0.724. The van der Waals surface area contributed by atoms with Crippen LogP contribution in [0.25, 0.3) is 0 Å². The van der Waals surface area contributed by atoms with Crippen LogP contribution in [0.2, 0.25) is 0 Å². The van der Waals surface area contributed by atoms with Crippen molar-refractivity contribution < 1.29 is 14.3 Å². The Labute approximate surface area is 175 Å². The van der Waals surface area contributed by atoms with Gasteiger partial charge < -0.3 is 9.47 Å². The van der Waals surface area contributed by atoms with Crippen molar-refractivity contribution >= 4 is 24.2 Å². The molecule has 6 heteroatoms. The van der Waals surface area contributed by atoms with Crippen molar-refractivity contribution in [3.05, 3.63) is 24.3 Å². The van der Waals surface area contributed by atoms with Crippen LogP contribution >= 0.6 is 12.4 Å². The summed E-state index contributed by atoms with van der Waals surface area (Å²) in [7, 11) is 0. The van der Waals surface area contributed by atoms with Gasteiger partial charge in [-0.05, 0) is 63.7 Å². The largest absolute Gasteiger partial charge is 0.494 e. The molecular weight excluding hydrogens is 376 g/mol. The van der Waals surface area contributed by atoms with Crippen LogP contribution in [0.3, 0.4) is 0 Å². The molecule has 3 rings (SSSR count). The van der Waals surface area contributed by atoms with Crippen LogP contribution in [0, 0.1) is 0 Å². The van der Waals surface area contributed by atoms with E-state index in [1.54, 1.807) is 0 Å². The van der Waals surface area contributed by atoms with E-state index in [0.717, 1.165) is 50.2 Å². The minimum atomic E-state index is -0.353. The molecule has 0 unspecified atom stereocenters. The molecule has 2 fully saturated rings. The molecule has 0 radical (unpaired) electrons. The van der Waals surface area contributed by atoms with Crippen LogP contribution in [0.1, 0.15) is 64.7 Å². The molecule has 1 saturated carbocycles. The molecular formula is C22H35ClN2O3. The number of amides is 1. The van der Waals surface area contributed by atoms with Crippen molar-refractivity contribution in [3.8, 4) is 5.75 Å². The number of anilines is 1. The summed E-state index contributed by atoms with van der Waals surface area (Å²) in [6.45, 7) is 5.17. The first-order valence-electron chi connectivity index (χ1n) is 10.7. The molecule has 0 spiro atoms. The highest BCUT2D eigenvalue weighted by atomic mass is 35.5. The quantitative estimate of drug-likeness (QED) is 0.564. The zero-order chi connectivity index (χ0) is 18.9. The number of benzene rings is 1. The summed E-state index contributed by atoms with van der Waals surface area (Å²) < 4.78 is 11.6. The number of ether oxygens (including phenoxy) is 2. The van der Waals surface area contributed by atoms with Gasteiger partial charge in [-0.3, -0.25) is 10.2 Å². The Bertz CT molecular complexity index is 593. The Morgan fingerprint density at radius 3 is 2.71 bits per heavy atom. The van der Waals surface area contributed by atoms with Crippen molar-refractivity contribution in [1.29, 1.82) is 0 Å². The lowest BCUT2D eigenvalue weighted by Crippen LogP contribution is -2.46. The van der Waals surface area contributed by atoms with Crippen LogP contribution < -0.4 is 10.1 Å². The lowest BCUT2D eigenvalue weighted by atomic mass is 9.91. The first-order chi connectivity index (χ1) is 13.3. The second kappa shape index (κ2) is 12.2. The van der Waals surface area contributed by atoms with Crippen LogP contribution in [0.4, 0.5) is 10.5 Å². The van der Waals surface area contributed by atoms with Crippen molar-refractivity contribution in [3.63, 3.8) is 0 Å². The molecule has 0 bridgehead atoms. The van der Waals surface area contributed by atoms with Gasteiger partial charge in [0.25, 0.3) is 0 Å². The lowest BCUT2D eigenvalue weighted by molar-refractivity contribution is 0.0176. The average molecular weight is 411 g/mol. The highest BCUT2D eigenvalue weighted by molar-refractivity contribution is 5.85. The number of halogens is 1. The highest BCUT2D eigenvalue weighted by Gasteiger charge is 2.34. The minimum absolute atomic E-state index is 0. The fourth-order valence-electron chi connectivity index (χ4n) is 4.20. The van der Waals surface area contributed by atoms with Gasteiger partial charge in [0.05, 0.1) is 6.61 Å². The van der Waals surface area contributed by atoms with E-state index >= 15 is 0 Å². The van der Waals surface area contributed by atoms with E-state index in [9.17, 15) is 4.79 Å². The second-order valence-corrected chi connectivity index (χ2v) is 7.75. The average Bonchev–Trinajstić information content (AvgIpc) is 3.20. The van der Waals surface area contributed by atoms with Crippen LogP contribution in [-0.2, 0) is 4.74 Å². The fourth-order valence-corrected chi connectivity index (χ4v) is 4.20. The summed E-state index contributed by atoms with van der Waals surface area (Å²) in [6.07, 6.45) is 10.1. The monoisotopic (exact) mass is 410 g/mol. The lowest BCUT2D eigenvalue weighted by Gasteiger charge is -2.37. The van der Waals surface area contributed by atoms with Crippen LogP contribution in [0.5, 0.6) is 5.75 Å². The minimum Gasteiger partial charge on any atom is -0.494 e. The molecule has 5 nitrogen and oxygen atoms in total. The van der Waals surface area contributed by atoms with Gasteiger partial charge in [0.15, 0.2) is 0 Å². The van der Waals surface area contributed by atoms with Gasteiger partial charge in [-0.1, -0.05) is 32.3 Å². The third-order valence-corrected chi connectivity index (χ3v) is 5.63. The Morgan fingerprint density at radius 1 is 1.14 bits per heavy atom. The number of rotatable bonds is 8. The number of carbonyl (C=O) groups excluding carboxylic acids is 1. The third-order valence-electron chi connectivity index (χ3n) is 5.63. The number of likely N-dealkylation sites (tertiary alicyclic amines) is 1. The van der Waals surface area contributed by atoms with Gasteiger partial charge in [0.1, 0.15) is 11.9 Å². The van der Waals surface area contributed by atoms with Gasteiger partial charge >= 0.3 is 6.09 Å². The zero-order valence-electron chi connectivity index (χ0n) is 17.0. The highest BCUT2D eigenvalue weighted by Crippen LogP contribution is 2.28. The van der Waals surface area contributed by atoms with Gasteiger partial charge in [-0.15, -0.1) is 12.4 Å². The predicted octanol–water partition coefficient (Wildman–Crippen LogP) is 5.63. The molecule has 2 aliphatic rings. The summed E-state index contributed by atoms with van der Waals surface area (Å²) >= 11 is 0. The van der Waals surface area contributed by atoms with Crippen molar-refractivity contribution in [2.45, 2.75) is 76.9 Å². The van der Waals surface area contributed by atoms with Crippen LogP contribution in [-0.4, -0.2) is 42.8 Å². The normalized spacial score (nSPS) is 22.3. The summed E-state index contributed by atoms with van der Waals surface area (Å²) in [5.74, 6) is 0.788. The number of nitrogens with one attached hydrogen (secondary N) is 1. The molecule has 1 aliphatic carbocycles. The fraction of sp³-hybridized carbons (Fsp3) is 0.682. The summed E-state index contributed by atoms with van der Waals surface area (Å²) in [4.78, 5) is 15.0. The number of nitrogens with zero attached hydrogens (tertiary/aromatic N) is 1. The molecule has 1 aromatic rings. The van der Waals surface area contributed by atoms with Gasteiger partial charge in [-0.2, -0.15) is 0 Å². The molecule has 1 saturated heterocycles. The molecule has 1 aliphatic heterocycles. The standard InChI is InChI=1S/C22H34N2O3.ClH/c1-2-3-8-16-26-19-11-9-10-18(17-19)23-22(25)27-21-13-5-4-12-20(21)24-14-6-7-15-24;/h9-11,17,20-21H,2-8,12-16H2,1H3,(H,23,25);1H/t20-,21+;/m1./s1. The SMILES string of the molecule is CCCCCOc1cccc(NC(=O)O[C@H]2CCCC[C@H]2N2CCCC2)c1.Cl. The number of hydrogen-bond acceptors (Lipinski definition) is 4. The second-order valence-electron chi connectivity index (χ2n) is 7.75. The summed E-state index contributed by atoms with van der Waals surface area (Å²) in [6, 6.07) is 7.96. The van der Waals surface area contributed by atoms with E-state index in [1.165, 1.54) is 32.1 Å². The zero-order valence-corrected chi connectivity index (χ0v) is 17.8. The van der Waals surface area contributed by atoms with E-state index in [-0.39, 0.29) is 24.6 Å². The van der Waals surface area contributed by atoms with Crippen molar-refractivity contribution in [2.75, 3.05) is 25.0 Å². The Hall–Kier alpha value is -1.46.